The molecule has 0 spiro atoms. The molecule has 0 aliphatic heterocycles. The molecular formula is C14H15BrF3N3. The van der Waals surface area contributed by atoms with Crippen molar-refractivity contribution in [2.45, 2.75) is 33.0 Å². The largest absolute Gasteiger partial charge is 0.418 e. The first-order valence-electron chi connectivity index (χ1n) is 6.37. The molecule has 1 aromatic heterocycles. The maximum atomic E-state index is 13.1. The topological polar surface area (TPSA) is 29.9 Å². The Labute approximate surface area is 129 Å². The number of nitrogens with one attached hydrogen (secondary N) is 1. The Bertz CT molecular complexity index is 647. The van der Waals surface area contributed by atoms with Gasteiger partial charge in [0.25, 0.3) is 0 Å². The molecule has 7 heteroatoms. The highest BCUT2D eigenvalue weighted by molar-refractivity contribution is 9.10. The van der Waals surface area contributed by atoms with Gasteiger partial charge in [-0.2, -0.15) is 13.2 Å². The fourth-order valence-electron chi connectivity index (χ4n) is 1.98. The van der Waals surface area contributed by atoms with Gasteiger partial charge in [-0.05, 0) is 39.0 Å². The average molecular weight is 362 g/mol. The van der Waals surface area contributed by atoms with E-state index in [0.717, 1.165) is 11.8 Å². The van der Waals surface area contributed by atoms with Gasteiger partial charge in [0, 0.05) is 16.7 Å². The summed E-state index contributed by atoms with van der Waals surface area (Å²) in [4.78, 5) is 4.25. The zero-order valence-electron chi connectivity index (χ0n) is 11.8. The summed E-state index contributed by atoms with van der Waals surface area (Å²) >= 11 is 3.07. The van der Waals surface area contributed by atoms with Crippen LogP contribution in [0.3, 0.4) is 0 Å². The zero-order valence-corrected chi connectivity index (χ0v) is 13.4. The third-order valence-corrected chi connectivity index (χ3v) is 3.44. The SMILES string of the molecule is Cc1cn(C(C)C)c(Nc2ccc(Br)cc2C(F)(F)F)n1. The second kappa shape index (κ2) is 5.71. The summed E-state index contributed by atoms with van der Waals surface area (Å²) in [5.74, 6) is 0.398. The second-order valence-corrected chi connectivity index (χ2v) is 5.94. The standard InChI is InChI=1S/C14H15BrF3N3/c1-8(2)21-7-9(3)19-13(21)20-12-5-4-10(15)6-11(12)14(16,17)18/h4-8H,1-3H3,(H,19,20). The lowest BCUT2D eigenvalue weighted by molar-refractivity contribution is -0.137. The summed E-state index contributed by atoms with van der Waals surface area (Å²) in [6.45, 7) is 5.69. The number of benzene rings is 1. The number of rotatable bonds is 3. The number of aryl methyl sites for hydroxylation is 1. The summed E-state index contributed by atoms with van der Waals surface area (Å²) < 4.78 is 41.5. The summed E-state index contributed by atoms with van der Waals surface area (Å²) in [7, 11) is 0. The van der Waals surface area contributed by atoms with Crippen molar-refractivity contribution in [2.24, 2.45) is 0 Å². The number of hydrogen-bond acceptors (Lipinski definition) is 2. The lowest BCUT2D eigenvalue weighted by Crippen LogP contribution is -2.11. The van der Waals surface area contributed by atoms with Gasteiger partial charge in [-0.15, -0.1) is 0 Å². The van der Waals surface area contributed by atoms with Gasteiger partial charge in [-0.3, -0.25) is 0 Å². The Morgan fingerprint density at radius 1 is 1.29 bits per heavy atom. The molecule has 0 unspecified atom stereocenters. The molecule has 2 aromatic rings. The maximum Gasteiger partial charge on any atom is 0.418 e. The minimum Gasteiger partial charge on any atom is -0.325 e. The molecule has 0 aliphatic rings. The van der Waals surface area contributed by atoms with E-state index in [9.17, 15) is 13.2 Å². The molecule has 3 nitrogen and oxygen atoms in total. The molecule has 0 aliphatic carbocycles. The van der Waals surface area contributed by atoms with Crippen LogP contribution >= 0.6 is 15.9 Å². The number of alkyl halides is 3. The monoisotopic (exact) mass is 361 g/mol. The predicted octanol–water partition coefficient (Wildman–Crippen LogP) is 5.30. The molecule has 0 bridgehead atoms. The first-order valence-corrected chi connectivity index (χ1v) is 7.17. The molecule has 0 radical (unpaired) electrons. The minimum absolute atomic E-state index is 0.0156. The number of imidazole rings is 1. The molecule has 21 heavy (non-hydrogen) atoms. The van der Waals surface area contributed by atoms with E-state index in [1.54, 1.807) is 23.8 Å². The first kappa shape index (κ1) is 15.9. The highest BCUT2D eigenvalue weighted by Crippen LogP contribution is 2.37. The van der Waals surface area contributed by atoms with E-state index in [1.807, 2.05) is 13.8 Å². The van der Waals surface area contributed by atoms with Crippen LogP contribution in [0.1, 0.15) is 31.1 Å². The van der Waals surface area contributed by atoms with E-state index in [-0.39, 0.29) is 11.7 Å². The average Bonchev–Trinajstić information content (AvgIpc) is 2.71. The van der Waals surface area contributed by atoms with Crippen LogP contribution in [0.2, 0.25) is 0 Å². The third kappa shape index (κ3) is 3.58. The van der Waals surface area contributed by atoms with Crippen LogP contribution in [0.25, 0.3) is 0 Å². The fourth-order valence-corrected chi connectivity index (χ4v) is 2.34. The summed E-state index contributed by atoms with van der Waals surface area (Å²) in [6.07, 6.45) is -2.63. The van der Waals surface area contributed by atoms with Gasteiger partial charge in [0.2, 0.25) is 5.95 Å². The molecule has 0 saturated carbocycles. The van der Waals surface area contributed by atoms with Gasteiger partial charge >= 0.3 is 6.18 Å². The van der Waals surface area contributed by atoms with Crippen LogP contribution in [0.5, 0.6) is 0 Å². The van der Waals surface area contributed by atoms with Gasteiger partial charge in [-0.1, -0.05) is 15.9 Å². The number of halogens is 4. The molecule has 0 atom stereocenters. The van der Waals surface area contributed by atoms with E-state index in [0.29, 0.717) is 10.4 Å². The number of nitrogens with zero attached hydrogens (tertiary/aromatic N) is 2. The highest BCUT2D eigenvalue weighted by Gasteiger charge is 2.34. The molecule has 1 N–H and O–H groups in total. The van der Waals surface area contributed by atoms with Crippen LogP contribution in [0.15, 0.2) is 28.9 Å². The third-order valence-electron chi connectivity index (χ3n) is 2.94. The minimum atomic E-state index is -4.43. The molecule has 1 heterocycles. The smallest absolute Gasteiger partial charge is 0.325 e. The Balaban J connectivity index is 2.45. The Morgan fingerprint density at radius 2 is 1.95 bits per heavy atom. The lowest BCUT2D eigenvalue weighted by atomic mass is 10.1. The first-order chi connectivity index (χ1) is 9.68. The van der Waals surface area contributed by atoms with Gasteiger partial charge in [0.1, 0.15) is 0 Å². The Kier molecular flexibility index (Phi) is 4.32. The van der Waals surface area contributed by atoms with Gasteiger partial charge in [-0.25, -0.2) is 4.98 Å². The van der Waals surface area contributed by atoms with Crippen LogP contribution < -0.4 is 5.32 Å². The quantitative estimate of drug-likeness (QED) is 0.803. The number of aromatic nitrogens is 2. The van der Waals surface area contributed by atoms with Crippen molar-refractivity contribution >= 4 is 27.6 Å². The van der Waals surface area contributed by atoms with Crippen LogP contribution in [-0.4, -0.2) is 9.55 Å². The van der Waals surface area contributed by atoms with E-state index < -0.39 is 11.7 Å². The summed E-state index contributed by atoms with van der Waals surface area (Å²) in [5, 5.41) is 2.79. The number of hydrogen-bond donors (Lipinski definition) is 1. The fraction of sp³-hybridized carbons (Fsp3) is 0.357. The summed E-state index contributed by atoms with van der Waals surface area (Å²) in [6, 6.07) is 4.10. The molecule has 0 amide bonds. The van der Waals surface area contributed by atoms with E-state index in [1.165, 1.54) is 6.07 Å². The lowest BCUT2D eigenvalue weighted by Gasteiger charge is -2.17. The van der Waals surface area contributed by atoms with E-state index in [2.05, 4.69) is 26.2 Å². The van der Waals surface area contributed by atoms with Gasteiger partial charge < -0.3 is 9.88 Å². The highest BCUT2D eigenvalue weighted by atomic mass is 79.9. The Morgan fingerprint density at radius 3 is 2.52 bits per heavy atom. The predicted molar refractivity (Wildman–Crippen MR) is 79.8 cm³/mol. The zero-order chi connectivity index (χ0) is 15.8. The molecular weight excluding hydrogens is 347 g/mol. The maximum absolute atomic E-state index is 13.1. The molecule has 0 saturated heterocycles. The van der Waals surface area contributed by atoms with Crippen molar-refractivity contribution in [3.8, 4) is 0 Å². The van der Waals surface area contributed by atoms with Gasteiger partial charge in [0.05, 0.1) is 16.9 Å². The summed E-state index contributed by atoms with van der Waals surface area (Å²) in [5.41, 5.74) is 0.00269. The molecule has 114 valence electrons. The van der Waals surface area contributed by atoms with Crippen molar-refractivity contribution in [3.63, 3.8) is 0 Å². The van der Waals surface area contributed by atoms with Crippen molar-refractivity contribution in [2.75, 3.05) is 5.32 Å². The second-order valence-electron chi connectivity index (χ2n) is 5.02. The van der Waals surface area contributed by atoms with Crippen LogP contribution in [0.4, 0.5) is 24.8 Å². The van der Waals surface area contributed by atoms with E-state index in [4.69, 9.17) is 0 Å². The van der Waals surface area contributed by atoms with Gasteiger partial charge in [0.15, 0.2) is 0 Å². The number of anilines is 2. The van der Waals surface area contributed by atoms with Crippen LogP contribution in [-0.2, 0) is 6.18 Å². The van der Waals surface area contributed by atoms with Crippen molar-refractivity contribution in [3.05, 3.63) is 40.1 Å². The molecule has 0 fully saturated rings. The molecule has 2 rings (SSSR count). The van der Waals surface area contributed by atoms with Crippen LogP contribution in [0, 0.1) is 6.92 Å². The normalized spacial score (nSPS) is 12.0. The van der Waals surface area contributed by atoms with Crippen molar-refractivity contribution in [1.82, 2.24) is 9.55 Å². The Hall–Kier alpha value is -1.50. The van der Waals surface area contributed by atoms with E-state index >= 15 is 0 Å². The molecule has 1 aromatic carbocycles. The van der Waals surface area contributed by atoms with Crippen molar-refractivity contribution in [1.29, 1.82) is 0 Å². The van der Waals surface area contributed by atoms with Crippen molar-refractivity contribution < 1.29 is 13.2 Å².